The molecule has 9 heteroatoms. The van der Waals surface area contributed by atoms with Crippen molar-refractivity contribution >= 4 is 29.3 Å². The first-order chi connectivity index (χ1) is 13.0. The molecule has 2 aromatic rings. The van der Waals surface area contributed by atoms with Crippen LogP contribution in [0.15, 0.2) is 29.4 Å². The van der Waals surface area contributed by atoms with Crippen molar-refractivity contribution in [3.8, 4) is 0 Å². The average Bonchev–Trinajstić information content (AvgIpc) is 3.00. The fraction of sp³-hybridized carbons (Fsp3) is 0.500. The number of carbonyl (C=O) groups is 1. The number of morpholine rings is 1. The molecule has 0 bridgehead atoms. The number of primary amides is 1. The average molecular weight is 411 g/mol. The van der Waals surface area contributed by atoms with Gasteiger partial charge in [0.15, 0.2) is 5.16 Å². The molecule has 2 heterocycles. The topological polar surface area (TPSA) is 87.5 Å². The lowest BCUT2D eigenvalue weighted by molar-refractivity contribution is -0.924. The van der Waals surface area contributed by atoms with Gasteiger partial charge in [0.25, 0.3) is 0 Å². The molecule has 1 saturated heterocycles. The van der Waals surface area contributed by atoms with Gasteiger partial charge in [-0.25, -0.2) is 0 Å². The van der Waals surface area contributed by atoms with Crippen molar-refractivity contribution in [1.29, 1.82) is 0 Å². The molecule has 0 radical (unpaired) electrons. The summed E-state index contributed by atoms with van der Waals surface area (Å²) in [6.07, 6.45) is 0.949. The predicted octanol–water partition coefficient (Wildman–Crippen LogP) is 0.462. The normalized spacial score (nSPS) is 19.9. The highest BCUT2D eigenvalue weighted by Crippen LogP contribution is 2.19. The highest BCUT2D eigenvalue weighted by molar-refractivity contribution is 7.99. The van der Waals surface area contributed by atoms with Crippen LogP contribution in [0.3, 0.4) is 0 Å². The maximum atomic E-state index is 10.9. The highest BCUT2D eigenvalue weighted by Gasteiger charge is 2.25. The minimum Gasteiger partial charge on any atom is -0.370 e. The minimum absolute atomic E-state index is 0.159. The first kappa shape index (κ1) is 20.1. The predicted molar refractivity (Wildman–Crippen MR) is 105 cm³/mol. The number of halogens is 1. The Hall–Kier alpha value is -1.61. The van der Waals surface area contributed by atoms with Crippen molar-refractivity contribution in [3.63, 3.8) is 0 Å². The van der Waals surface area contributed by atoms with Crippen LogP contribution < -0.4 is 10.6 Å². The molecule has 0 spiro atoms. The van der Waals surface area contributed by atoms with Crippen LogP contribution in [-0.2, 0) is 29.5 Å². The molecular weight excluding hydrogens is 386 g/mol. The van der Waals surface area contributed by atoms with E-state index in [2.05, 4.69) is 16.3 Å². The fourth-order valence-electron chi connectivity index (χ4n) is 3.12. The smallest absolute Gasteiger partial charge is 0.217 e. The molecular formula is C18H25ClN5O2S+. The molecule has 0 aliphatic carbocycles. The van der Waals surface area contributed by atoms with E-state index in [0.29, 0.717) is 6.42 Å². The van der Waals surface area contributed by atoms with Gasteiger partial charge in [0.05, 0.1) is 6.61 Å². The minimum atomic E-state index is -0.329. The second kappa shape index (κ2) is 9.54. The number of benzene rings is 1. The van der Waals surface area contributed by atoms with Gasteiger partial charge in [0.1, 0.15) is 31.6 Å². The SMILES string of the molecule is Cn1c(CCC(N)=O)nnc1SC[C@@H]1C[NH+](Cc2ccccc2Cl)CCO1. The zero-order valence-corrected chi connectivity index (χ0v) is 16.9. The lowest BCUT2D eigenvalue weighted by Crippen LogP contribution is -3.13. The van der Waals surface area contributed by atoms with E-state index in [1.165, 1.54) is 10.5 Å². The largest absolute Gasteiger partial charge is 0.370 e. The first-order valence-electron chi connectivity index (χ1n) is 9.01. The summed E-state index contributed by atoms with van der Waals surface area (Å²) in [5.74, 6) is 1.25. The Kier molecular flexibility index (Phi) is 7.12. The number of hydrogen-bond donors (Lipinski definition) is 2. The molecule has 146 valence electrons. The molecule has 3 rings (SSSR count). The van der Waals surface area contributed by atoms with Gasteiger partial charge in [0, 0.05) is 36.2 Å². The molecule has 3 N–H and O–H groups in total. The molecule has 2 atom stereocenters. The summed E-state index contributed by atoms with van der Waals surface area (Å²) < 4.78 is 7.85. The van der Waals surface area contributed by atoms with Crippen LogP contribution in [-0.4, -0.2) is 52.2 Å². The van der Waals surface area contributed by atoms with Gasteiger partial charge in [-0.2, -0.15) is 0 Å². The maximum Gasteiger partial charge on any atom is 0.217 e. The van der Waals surface area contributed by atoms with E-state index in [0.717, 1.165) is 48.0 Å². The van der Waals surface area contributed by atoms with Crippen molar-refractivity contribution in [1.82, 2.24) is 14.8 Å². The molecule has 1 unspecified atom stereocenters. The third kappa shape index (κ3) is 5.68. The molecule has 1 aromatic carbocycles. The lowest BCUT2D eigenvalue weighted by Gasteiger charge is -2.30. The zero-order valence-electron chi connectivity index (χ0n) is 15.4. The Morgan fingerprint density at radius 1 is 1.44 bits per heavy atom. The second-order valence-corrected chi connectivity index (χ2v) is 8.09. The van der Waals surface area contributed by atoms with E-state index in [4.69, 9.17) is 22.1 Å². The van der Waals surface area contributed by atoms with Crippen LogP contribution in [0.4, 0.5) is 0 Å². The van der Waals surface area contributed by atoms with Crippen LogP contribution in [0.2, 0.25) is 5.02 Å². The summed E-state index contributed by atoms with van der Waals surface area (Å²) in [5, 5.41) is 10.0. The zero-order chi connectivity index (χ0) is 19.2. The summed E-state index contributed by atoms with van der Waals surface area (Å²) in [5.41, 5.74) is 6.38. The molecule has 27 heavy (non-hydrogen) atoms. The Bertz CT molecular complexity index is 785. The van der Waals surface area contributed by atoms with Crippen molar-refractivity contribution in [2.45, 2.75) is 30.6 Å². The van der Waals surface area contributed by atoms with Crippen LogP contribution >= 0.6 is 23.4 Å². The number of ether oxygens (including phenoxy) is 1. The van der Waals surface area contributed by atoms with Crippen LogP contribution in [0.1, 0.15) is 17.8 Å². The van der Waals surface area contributed by atoms with Crippen molar-refractivity contribution in [2.24, 2.45) is 12.8 Å². The van der Waals surface area contributed by atoms with E-state index in [1.807, 2.05) is 29.8 Å². The van der Waals surface area contributed by atoms with Gasteiger partial charge < -0.3 is 19.9 Å². The summed E-state index contributed by atoms with van der Waals surface area (Å²) in [6.45, 7) is 3.57. The monoisotopic (exact) mass is 410 g/mol. The molecule has 1 aliphatic rings. The summed E-state index contributed by atoms with van der Waals surface area (Å²) >= 11 is 7.92. The number of carbonyl (C=O) groups excluding carboxylic acids is 1. The Morgan fingerprint density at radius 2 is 2.26 bits per heavy atom. The Morgan fingerprint density at radius 3 is 3.04 bits per heavy atom. The van der Waals surface area contributed by atoms with Crippen molar-refractivity contribution in [2.75, 3.05) is 25.4 Å². The number of aromatic nitrogens is 3. The Balaban J connectivity index is 1.51. The fourth-order valence-corrected chi connectivity index (χ4v) is 4.27. The highest BCUT2D eigenvalue weighted by atomic mass is 35.5. The standard InChI is InChI=1S/C18H24ClN5O2S/c1-23-17(7-6-16(20)25)21-22-18(23)27-12-14-11-24(8-9-26-14)10-13-4-2-3-5-15(13)19/h2-5,14H,6-12H2,1H3,(H2,20,25)/p+1/t14-/m0/s1. The van der Waals surface area contributed by atoms with E-state index in [-0.39, 0.29) is 18.4 Å². The molecule has 0 saturated carbocycles. The van der Waals surface area contributed by atoms with Gasteiger partial charge in [-0.15, -0.1) is 10.2 Å². The quantitative estimate of drug-likeness (QED) is 0.617. The van der Waals surface area contributed by atoms with Gasteiger partial charge in [-0.05, 0) is 6.07 Å². The summed E-state index contributed by atoms with van der Waals surface area (Å²) in [6, 6.07) is 8.01. The number of thioether (sulfide) groups is 1. The van der Waals surface area contributed by atoms with Gasteiger partial charge in [-0.3, -0.25) is 4.79 Å². The van der Waals surface area contributed by atoms with Crippen LogP contribution in [0, 0.1) is 0 Å². The number of aryl methyl sites for hydroxylation is 1. The number of amides is 1. The second-order valence-electron chi connectivity index (χ2n) is 6.70. The molecule has 1 aliphatic heterocycles. The Labute approximate surface area is 168 Å². The van der Waals surface area contributed by atoms with E-state index < -0.39 is 0 Å². The van der Waals surface area contributed by atoms with E-state index in [1.54, 1.807) is 11.8 Å². The van der Waals surface area contributed by atoms with E-state index >= 15 is 0 Å². The molecule has 7 nitrogen and oxygen atoms in total. The van der Waals surface area contributed by atoms with Crippen LogP contribution in [0.5, 0.6) is 0 Å². The van der Waals surface area contributed by atoms with Gasteiger partial charge in [-0.1, -0.05) is 41.6 Å². The van der Waals surface area contributed by atoms with Crippen molar-refractivity contribution < 1.29 is 14.4 Å². The molecule has 1 amide bonds. The summed E-state index contributed by atoms with van der Waals surface area (Å²) in [4.78, 5) is 12.4. The molecule has 1 fully saturated rings. The van der Waals surface area contributed by atoms with E-state index in [9.17, 15) is 4.79 Å². The number of rotatable bonds is 8. The number of quaternary nitrogens is 1. The summed E-state index contributed by atoms with van der Waals surface area (Å²) in [7, 11) is 1.91. The van der Waals surface area contributed by atoms with Gasteiger partial charge in [0.2, 0.25) is 5.91 Å². The number of nitrogens with one attached hydrogen (secondary N) is 1. The number of nitrogens with zero attached hydrogens (tertiary/aromatic N) is 3. The number of nitrogens with two attached hydrogens (primary N) is 1. The molecule has 1 aromatic heterocycles. The lowest BCUT2D eigenvalue weighted by atomic mass is 10.2. The van der Waals surface area contributed by atoms with Gasteiger partial charge >= 0.3 is 0 Å². The number of hydrogen-bond acceptors (Lipinski definition) is 5. The third-order valence-electron chi connectivity index (χ3n) is 4.64. The maximum absolute atomic E-state index is 10.9. The first-order valence-corrected chi connectivity index (χ1v) is 10.4. The third-order valence-corrected chi connectivity index (χ3v) is 6.16. The van der Waals surface area contributed by atoms with Crippen LogP contribution in [0.25, 0.3) is 0 Å². The van der Waals surface area contributed by atoms with Crippen molar-refractivity contribution in [3.05, 3.63) is 40.7 Å².